The van der Waals surface area contributed by atoms with E-state index in [9.17, 15) is 18.8 Å². The van der Waals surface area contributed by atoms with Crippen molar-refractivity contribution < 1.29 is 23.0 Å². The number of hydrogen-bond donors (Lipinski definition) is 0. The molecule has 0 aliphatic rings. The van der Waals surface area contributed by atoms with Crippen molar-refractivity contribution in [2.45, 2.75) is 6.43 Å². The normalized spacial score (nSPS) is 10.3. The molecule has 0 bridgehead atoms. The molecule has 0 saturated carbocycles. The van der Waals surface area contributed by atoms with Gasteiger partial charge in [-0.1, -0.05) is 0 Å². The Morgan fingerprint density at radius 2 is 2.29 bits per heavy atom. The summed E-state index contributed by atoms with van der Waals surface area (Å²) in [5, 5.41) is 11.0. The molecule has 0 aromatic carbocycles. The van der Waals surface area contributed by atoms with Crippen LogP contribution >= 0.6 is 0 Å². The molecule has 0 fully saturated rings. The minimum atomic E-state index is -2.88. The van der Waals surface area contributed by atoms with Gasteiger partial charge in [-0.3, -0.25) is 0 Å². The number of aromatic nitrogens is 1. The van der Waals surface area contributed by atoms with Crippen LogP contribution in [0.5, 0.6) is 0 Å². The summed E-state index contributed by atoms with van der Waals surface area (Å²) >= 11 is 0. The van der Waals surface area contributed by atoms with Gasteiger partial charge >= 0.3 is 11.7 Å². The summed E-state index contributed by atoms with van der Waals surface area (Å²) in [6, 6.07) is 2.15. The Morgan fingerprint density at radius 1 is 1.64 bits per heavy atom. The first-order valence-corrected chi connectivity index (χ1v) is 3.66. The third-order valence-electron chi connectivity index (χ3n) is 1.60. The van der Waals surface area contributed by atoms with Gasteiger partial charge in [-0.15, -0.1) is 0 Å². The van der Waals surface area contributed by atoms with Gasteiger partial charge in [0.1, 0.15) is 0 Å². The van der Waals surface area contributed by atoms with E-state index >= 15 is 0 Å². The van der Waals surface area contributed by atoms with Crippen molar-refractivity contribution in [3.05, 3.63) is 34.8 Å². The Balaban J connectivity index is 3.29. The van der Waals surface area contributed by atoms with Gasteiger partial charge in [0.05, 0.1) is 12.7 Å². The summed E-state index contributed by atoms with van der Waals surface area (Å²) in [6.07, 6.45) is -1.93. The molecular weight excluding hydrogens is 196 g/mol. The maximum atomic E-state index is 12.3. The molecule has 1 aromatic rings. The second-order valence-electron chi connectivity index (χ2n) is 2.43. The number of halogens is 2. The van der Waals surface area contributed by atoms with Gasteiger partial charge in [-0.2, -0.15) is 4.73 Å². The highest BCUT2D eigenvalue weighted by molar-refractivity contribution is 5.87. The molecule has 76 valence electrons. The minimum absolute atomic E-state index is 0.0628. The molecule has 0 amide bonds. The molecule has 4 nitrogen and oxygen atoms in total. The smallest absolute Gasteiger partial charge is 0.405 e. The van der Waals surface area contributed by atoms with Crippen LogP contribution < -0.4 is 4.73 Å². The molecule has 14 heavy (non-hydrogen) atoms. The van der Waals surface area contributed by atoms with E-state index in [0.29, 0.717) is 0 Å². The lowest BCUT2D eigenvalue weighted by atomic mass is 10.2. The molecule has 1 heterocycles. The highest BCUT2D eigenvalue weighted by Crippen LogP contribution is 2.20. The van der Waals surface area contributed by atoms with E-state index in [4.69, 9.17) is 0 Å². The molecule has 0 spiro atoms. The van der Waals surface area contributed by atoms with E-state index < -0.39 is 23.7 Å². The van der Waals surface area contributed by atoms with Crippen LogP contribution in [0.4, 0.5) is 8.78 Å². The van der Waals surface area contributed by atoms with Crippen molar-refractivity contribution in [1.29, 1.82) is 0 Å². The van der Waals surface area contributed by atoms with Crippen LogP contribution in [0.2, 0.25) is 0 Å². The van der Waals surface area contributed by atoms with E-state index in [1.807, 2.05) is 0 Å². The van der Waals surface area contributed by atoms with E-state index in [0.717, 1.165) is 25.4 Å². The summed E-state index contributed by atoms with van der Waals surface area (Å²) < 4.78 is 29.0. The maximum Gasteiger partial charge on any atom is 0.405 e. The number of pyridine rings is 1. The van der Waals surface area contributed by atoms with E-state index in [-0.39, 0.29) is 4.73 Å². The van der Waals surface area contributed by atoms with Crippen molar-refractivity contribution in [3.63, 3.8) is 0 Å². The lowest BCUT2D eigenvalue weighted by Crippen LogP contribution is -2.36. The van der Waals surface area contributed by atoms with Gasteiger partial charge in [0.15, 0.2) is 6.20 Å². The largest absolute Gasteiger partial charge is 0.618 e. The van der Waals surface area contributed by atoms with Crippen LogP contribution in [0.1, 0.15) is 22.5 Å². The highest BCUT2D eigenvalue weighted by Gasteiger charge is 2.27. The molecule has 0 aliphatic carbocycles. The third-order valence-corrected chi connectivity index (χ3v) is 1.60. The molecule has 0 radical (unpaired) electrons. The van der Waals surface area contributed by atoms with Gasteiger partial charge in [0.2, 0.25) is 0 Å². The Kier molecular flexibility index (Phi) is 2.95. The molecule has 0 N–H and O–H groups in total. The number of methoxy groups -OCH3 is 1. The Bertz CT molecular complexity index is 354. The number of esters is 1. The van der Waals surface area contributed by atoms with E-state index in [1.54, 1.807) is 0 Å². The fraction of sp³-hybridized carbons (Fsp3) is 0.250. The van der Waals surface area contributed by atoms with Crippen molar-refractivity contribution in [2.75, 3.05) is 7.11 Å². The standard InChI is InChI=1S/C8H7F2NO3/c1-14-8(12)6-5(7(9)10)3-2-4-11(6)13/h2-4,7H,1H3. The van der Waals surface area contributed by atoms with Crippen molar-refractivity contribution in [2.24, 2.45) is 0 Å². The lowest BCUT2D eigenvalue weighted by molar-refractivity contribution is -0.609. The number of carbonyl (C=O) groups excluding carboxylic acids is 1. The summed E-state index contributed by atoms with van der Waals surface area (Å²) in [4.78, 5) is 11.0. The number of nitrogens with zero attached hydrogens (tertiary/aromatic N) is 1. The van der Waals surface area contributed by atoms with Crippen LogP contribution in [-0.2, 0) is 4.74 Å². The van der Waals surface area contributed by atoms with Gasteiger partial charge < -0.3 is 9.94 Å². The van der Waals surface area contributed by atoms with Gasteiger partial charge in [-0.05, 0) is 6.07 Å². The van der Waals surface area contributed by atoms with Crippen LogP contribution in [-0.4, -0.2) is 13.1 Å². The summed E-state index contributed by atoms with van der Waals surface area (Å²) in [5.74, 6) is -1.07. The number of hydrogen-bond acceptors (Lipinski definition) is 3. The van der Waals surface area contributed by atoms with E-state index in [2.05, 4.69) is 4.74 Å². The second kappa shape index (κ2) is 3.99. The zero-order valence-electron chi connectivity index (χ0n) is 7.24. The van der Waals surface area contributed by atoms with E-state index in [1.165, 1.54) is 0 Å². The topological polar surface area (TPSA) is 53.2 Å². The highest BCUT2D eigenvalue weighted by atomic mass is 19.3. The second-order valence-corrected chi connectivity index (χ2v) is 2.43. The first-order chi connectivity index (χ1) is 6.57. The Morgan fingerprint density at radius 3 is 2.79 bits per heavy atom. The molecule has 0 aliphatic heterocycles. The first kappa shape index (κ1) is 10.4. The molecule has 6 heteroatoms. The predicted octanol–water partition coefficient (Wildman–Crippen LogP) is 1.04. The fourth-order valence-electron chi connectivity index (χ4n) is 0.986. The Labute approximate surface area is 78.3 Å². The molecule has 1 rings (SSSR count). The zero-order chi connectivity index (χ0) is 10.7. The van der Waals surface area contributed by atoms with Crippen molar-refractivity contribution in [1.82, 2.24) is 0 Å². The van der Waals surface area contributed by atoms with Crippen molar-refractivity contribution >= 4 is 5.97 Å². The summed E-state index contributed by atoms with van der Waals surface area (Å²) in [5.41, 5.74) is -1.31. The molecule has 0 saturated heterocycles. The Hall–Kier alpha value is -1.72. The van der Waals surface area contributed by atoms with Gasteiger partial charge in [-0.25, -0.2) is 13.6 Å². The van der Waals surface area contributed by atoms with Gasteiger partial charge in [0, 0.05) is 6.07 Å². The van der Waals surface area contributed by atoms with Crippen LogP contribution in [0.15, 0.2) is 18.3 Å². The minimum Gasteiger partial charge on any atom is -0.618 e. The predicted molar refractivity (Wildman–Crippen MR) is 41.7 cm³/mol. The quantitative estimate of drug-likeness (QED) is 0.410. The SMILES string of the molecule is COC(=O)c1c(C(F)F)ccc[n+]1[O-]. The fourth-order valence-corrected chi connectivity index (χ4v) is 0.986. The van der Waals surface area contributed by atoms with Crippen LogP contribution in [0, 0.1) is 5.21 Å². The summed E-state index contributed by atoms with van der Waals surface area (Å²) in [6.45, 7) is 0. The molecule has 0 unspecified atom stereocenters. The lowest BCUT2D eigenvalue weighted by Gasteiger charge is -2.06. The van der Waals surface area contributed by atoms with Gasteiger partial charge in [0.25, 0.3) is 6.43 Å². The number of ether oxygens (including phenoxy) is 1. The maximum absolute atomic E-state index is 12.3. The zero-order valence-corrected chi connectivity index (χ0v) is 7.24. The number of carbonyl (C=O) groups is 1. The first-order valence-electron chi connectivity index (χ1n) is 3.66. The van der Waals surface area contributed by atoms with Crippen LogP contribution in [0.3, 0.4) is 0 Å². The number of rotatable bonds is 2. The monoisotopic (exact) mass is 203 g/mol. The molecular formula is C8H7F2NO3. The average molecular weight is 203 g/mol. The number of alkyl halides is 2. The molecule has 0 atom stereocenters. The third kappa shape index (κ3) is 1.78. The average Bonchev–Trinajstić information content (AvgIpc) is 2.16. The van der Waals surface area contributed by atoms with Crippen molar-refractivity contribution in [3.8, 4) is 0 Å². The summed E-state index contributed by atoms with van der Waals surface area (Å²) in [7, 11) is 1.02. The molecule has 1 aromatic heterocycles. The van der Waals surface area contributed by atoms with Crippen LogP contribution in [0.25, 0.3) is 0 Å².